The van der Waals surface area contributed by atoms with E-state index in [9.17, 15) is 18.0 Å². The molecule has 0 bridgehead atoms. The average molecular weight is 544 g/mol. The van der Waals surface area contributed by atoms with Crippen LogP contribution in [0.15, 0.2) is 48.5 Å². The van der Waals surface area contributed by atoms with Gasteiger partial charge in [-0.2, -0.15) is 12.7 Å². The highest BCUT2D eigenvalue weighted by Gasteiger charge is 2.33. The highest BCUT2D eigenvalue weighted by atomic mass is 35.5. The van der Waals surface area contributed by atoms with E-state index in [1.54, 1.807) is 55.5 Å². The summed E-state index contributed by atoms with van der Waals surface area (Å²) in [5.74, 6) is -0.945. The van der Waals surface area contributed by atoms with E-state index in [1.165, 1.54) is 19.0 Å². The molecule has 1 N–H and O–H groups in total. The van der Waals surface area contributed by atoms with Crippen LogP contribution in [-0.4, -0.2) is 61.7 Å². The summed E-state index contributed by atoms with van der Waals surface area (Å²) in [7, 11) is -1.23. The lowest BCUT2D eigenvalue weighted by molar-refractivity contribution is -0.140. The third-order valence-electron chi connectivity index (χ3n) is 5.08. The number of halogens is 2. The Labute approximate surface area is 218 Å². The summed E-state index contributed by atoms with van der Waals surface area (Å²) < 4.78 is 28.2. The Morgan fingerprint density at radius 2 is 1.63 bits per heavy atom. The zero-order valence-electron chi connectivity index (χ0n) is 20.7. The van der Waals surface area contributed by atoms with Gasteiger partial charge < -0.3 is 10.2 Å². The fourth-order valence-corrected chi connectivity index (χ4v) is 4.73. The molecular weight excluding hydrogens is 511 g/mol. The second kappa shape index (κ2) is 11.6. The lowest BCUT2D eigenvalue weighted by Crippen LogP contribution is -2.55. The molecule has 2 aromatic carbocycles. The van der Waals surface area contributed by atoms with E-state index in [0.29, 0.717) is 21.3 Å². The monoisotopic (exact) mass is 542 g/mol. The lowest BCUT2D eigenvalue weighted by Gasteiger charge is -2.34. The van der Waals surface area contributed by atoms with Gasteiger partial charge >= 0.3 is 10.2 Å². The van der Waals surface area contributed by atoms with Crippen LogP contribution in [-0.2, 0) is 26.3 Å². The third-order valence-corrected chi connectivity index (χ3v) is 7.49. The van der Waals surface area contributed by atoms with Gasteiger partial charge in [0.25, 0.3) is 0 Å². The van der Waals surface area contributed by atoms with Crippen molar-refractivity contribution in [3.05, 3.63) is 64.1 Å². The van der Waals surface area contributed by atoms with E-state index in [1.807, 2.05) is 20.8 Å². The molecule has 2 aromatic rings. The van der Waals surface area contributed by atoms with E-state index >= 15 is 0 Å². The minimum absolute atomic E-state index is 0.0157. The van der Waals surface area contributed by atoms with Crippen LogP contribution in [0.5, 0.6) is 0 Å². The Kier molecular flexibility index (Phi) is 9.58. The summed E-state index contributed by atoms with van der Waals surface area (Å²) in [6.07, 6.45) is 0. The number of carbonyl (C=O) groups is 2. The van der Waals surface area contributed by atoms with Crippen LogP contribution in [0.25, 0.3) is 0 Å². The van der Waals surface area contributed by atoms with Crippen LogP contribution >= 0.6 is 23.2 Å². The fraction of sp³-hybridized carbons (Fsp3) is 0.417. The van der Waals surface area contributed by atoms with Crippen molar-refractivity contribution in [2.45, 2.75) is 45.8 Å². The predicted molar refractivity (Wildman–Crippen MR) is 141 cm³/mol. The summed E-state index contributed by atoms with van der Waals surface area (Å²) in [6.45, 7) is 6.57. The van der Waals surface area contributed by atoms with Crippen molar-refractivity contribution in [3.8, 4) is 0 Å². The van der Waals surface area contributed by atoms with Gasteiger partial charge in [-0.25, -0.2) is 4.31 Å². The van der Waals surface area contributed by atoms with Gasteiger partial charge in [-0.15, -0.1) is 0 Å². The van der Waals surface area contributed by atoms with E-state index < -0.39 is 34.2 Å². The molecule has 1 atom stereocenters. The fourth-order valence-electron chi connectivity index (χ4n) is 3.20. The van der Waals surface area contributed by atoms with Gasteiger partial charge in [0.05, 0.1) is 5.69 Å². The second-order valence-corrected chi connectivity index (χ2v) is 12.2. The summed E-state index contributed by atoms with van der Waals surface area (Å²) in [5, 5.41) is 3.64. The largest absolute Gasteiger partial charge is 0.350 e. The van der Waals surface area contributed by atoms with E-state index in [-0.39, 0.29) is 12.5 Å². The maximum Gasteiger partial charge on any atom is 0.304 e. The molecule has 192 valence electrons. The molecule has 0 saturated carbocycles. The molecule has 2 rings (SSSR count). The first-order valence-corrected chi connectivity index (χ1v) is 13.1. The van der Waals surface area contributed by atoms with E-state index in [0.717, 1.165) is 8.61 Å². The van der Waals surface area contributed by atoms with E-state index in [2.05, 4.69) is 5.32 Å². The number of para-hydroxylation sites is 1. The van der Waals surface area contributed by atoms with Crippen molar-refractivity contribution in [2.24, 2.45) is 0 Å². The number of benzene rings is 2. The van der Waals surface area contributed by atoms with Gasteiger partial charge in [-0.1, -0.05) is 47.5 Å². The molecular formula is C24H32Cl2N4O4S. The molecule has 0 aliphatic heterocycles. The molecule has 2 amide bonds. The van der Waals surface area contributed by atoms with Crippen molar-refractivity contribution in [1.29, 1.82) is 0 Å². The number of rotatable bonds is 9. The van der Waals surface area contributed by atoms with Crippen molar-refractivity contribution in [1.82, 2.24) is 14.5 Å². The Morgan fingerprint density at radius 1 is 1.03 bits per heavy atom. The van der Waals surface area contributed by atoms with Gasteiger partial charge in [0.1, 0.15) is 12.6 Å². The molecule has 0 unspecified atom stereocenters. The smallest absolute Gasteiger partial charge is 0.304 e. The van der Waals surface area contributed by atoms with Crippen molar-refractivity contribution < 1.29 is 18.0 Å². The molecule has 0 aromatic heterocycles. The molecule has 11 heteroatoms. The Hall–Kier alpha value is -2.33. The molecule has 35 heavy (non-hydrogen) atoms. The number of hydrogen-bond acceptors (Lipinski definition) is 4. The Morgan fingerprint density at radius 3 is 2.14 bits per heavy atom. The summed E-state index contributed by atoms with van der Waals surface area (Å²) in [6, 6.07) is 12.3. The molecule has 0 saturated heterocycles. The molecule has 0 spiro atoms. The zero-order valence-corrected chi connectivity index (χ0v) is 23.1. The SMILES string of the molecule is C[C@@H](C(=O)NC(C)(C)C)N(Cc1ccc(Cl)cc1Cl)C(=O)CN(c1ccccc1)S(=O)(=O)N(C)C. The van der Waals surface area contributed by atoms with Gasteiger partial charge in [0, 0.05) is 36.2 Å². The normalized spacial score (nSPS) is 12.8. The minimum atomic E-state index is -4.01. The Bertz CT molecular complexity index is 1150. The maximum absolute atomic E-state index is 13.6. The number of carbonyl (C=O) groups excluding carboxylic acids is 2. The van der Waals surface area contributed by atoms with E-state index in [4.69, 9.17) is 23.2 Å². The first kappa shape index (κ1) is 28.9. The van der Waals surface area contributed by atoms with Gasteiger partial charge in [0.2, 0.25) is 11.8 Å². The van der Waals surface area contributed by atoms with Crippen LogP contribution < -0.4 is 9.62 Å². The number of amides is 2. The molecule has 0 aliphatic rings. The second-order valence-electron chi connectivity index (χ2n) is 9.30. The van der Waals surface area contributed by atoms with Crippen LogP contribution in [0.3, 0.4) is 0 Å². The number of nitrogens with one attached hydrogen (secondary N) is 1. The van der Waals surface area contributed by atoms with Crippen molar-refractivity contribution in [3.63, 3.8) is 0 Å². The molecule has 0 aliphatic carbocycles. The predicted octanol–water partition coefficient (Wildman–Crippen LogP) is 3.94. The average Bonchev–Trinajstić information content (AvgIpc) is 2.75. The first-order valence-electron chi connectivity index (χ1n) is 10.9. The summed E-state index contributed by atoms with van der Waals surface area (Å²) >= 11 is 12.4. The van der Waals surface area contributed by atoms with Crippen LogP contribution in [0.4, 0.5) is 5.69 Å². The standard InChI is InChI=1S/C24H32Cl2N4O4S/c1-17(23(32)27-24(2,3)4)29(15-18-12-13-19(25)14-21(18)26)22(31)16-30(35(33,34)28(5)6)20-10-8-7-9-11-20/h7-14,17H,15-16H2,1-6H3,(H,27,32)/t17-/m0/s1. The van der Waals surface area contributed by atoms with Crippen molar-refractivity contribution in [2.75, 3.05) is 24.9 Å². The van der Waals surface area contributed by atoms with Gasteiger partial charge in [-0.05, 0) is 57.5 Å². The quantitative estimate of drug-likeness (QED) is 0.519. The maximum atomic E-state index is 13.6. The molecule has 0 fully saturated rings. The van der Waals surface area contributed by atoms with Crippen LogP contribution in [0.2, 0.25) is 10.0 Å². The minimum Gasteiger partial charge on any atom is -0.350 e. The first-order chi connectivity index (χ1) is 16.1. The summed E-state index contributed by atoms with van der Waals surface area (Å²) in [5.41, 5.74) is 0.370. The highest BCUT2D eigenvalue weighted by Crippen LogP contribution is 2.25. The van der Waals surface area contributed by atoms with Crippen LogP contribution in [0.1, 0.15) is 33.3 Å². The summed E-state index contributed by atoms with van der Waals surface area (Å²) in [4.78, 5) is 28.0. The topological polar surface area (TPSA) is 90.0 Å². The number of anilines is 1. The number of nitrogens with zero attached hydrogens (tertiary/aromatic N) is 3. The molecule has 0 radical (unpaired) electrons. The molecule has 0 heterocycles. The molecule has 8 nitrogen and oxygen atoms in total. The van der Waals surface area contributed by atoms with Crippen LogP contribution in [0, 0.1) is 0 Å². The van der Waals surface area contributed by atoms with Gasteiger partial charge in [0.15, 0.2) is 0 Å². The number of hydrogen-bond donors (Lipinski definition) is 1. The van der Waals surface area contributed by atoms with Gasteiger partial charge in [-0.3, -0.25) is 9.59 Å². The highest BCUT2D eigenvalue weighted by molar-refractivity contribution is 7.90. The Balaban J connectivity index is 2.48. The lowest BCUT2D eigenvalue weighted by atomic mass is 10.1. The third kappa shape index (κ3) is 7.83. The zero-order chi connectivity index (χ0) is 26.6. The van der Waals surface area contributed by atoms with Crippen molar-refractivity contribution >= 4 is 50.9 Å².